The molecule has 0 radical (unpaired) electrons. The van der Waals surface area contributed by atoms with E-state index in [0.717, 1.165) is 12.4 Å². The lowest BCUT2D eigenvalue weighted by Gasteiger charge is -2.33. The Hall–Kier alpha value is -2.66. The minimum Gasteiger partial charge on any atom is -0.363 e. The van der Waals surface area contributed by atoms with Crippen LogP contribution in [0.1, 0.15) is 41.5 Å². The van der Waals surface area contributed by atoms with Crippen LogP contribution in [-0.4, -0.2) is 45.7 Å². The maximum absolute atomic E-state index is 14.6. The van der Waals surface area contributed by atoms with Crippen molar-refractivity contribution in [3.8, 4) is 11.4 Å². The van der Waals surface area contributed by atoms with Crippen molar-refractivity contribution in [3.63, 3.8) is 0 Å². The van der Waals surface area contributed by atoms with Crippen LogP contribution in [0.3, 0.4) is 0 Å². The maximum Gasteiger partial charge on any atom is 0.214 e. The van der Waals surface area contributed by atoms with E-state index in [2.05, 4.69) is 30.0 Å². The Balaban J connectivity index is 1.96. The predicted octanol–water partition coefficient (Wildman–Crippen LogP) is 3.84. The summed E-state index contributed by atoms with van der Waals surface area (Å²) in [6, 6.07) is 0.623. The summed E-state index contributed by atoms with van der Waals surface area (Å²) >= 11 is 0. The molecule has 32 heavy (non-hydrogen) atoms. The molecule has 0 aliphatic rings. The molecule has 0 aromatic carbocycles. The maximum atomic E-state index is 14.6. The van der Waals surface area contributed by atoms with Crippen molar-refractivity contribution < 1.29 is 17.2 Å². The first-order chi connectivity index (χ1) is 14.6. The Labute approximate surface area is 186 Å². The molecule has 0 fully saturated rings. The minimum absolute atomic E-state index is 0.139. The monoisotopic (exact) mass is 466 g/mol. The summed E-state index contributed by atoms with van der Waals surface area (Å²) < 4.78 is 56.3. The smallest absolute Gasteiger partial charge is 0.214 e. The van der Waals surface area contributed by atoms with E-state index < -0.39 is 38.7 Å². The van der Waals surface area contributed by atoms with Gasteiger partial charge in [-0.25, -0.2) is 36.9 Å². The van der Waals surface area contributed by atoms with Crippen molar-refractivity contribution in [3.05, 3.63) is 36.3 Å². The van der Waals surface area contributed by atoms with E-state index in [1.165, 1.54) is 6.07 Å². The Kier molecular flexibility index (Phi) is 6.27. The molecule has 8 nitrogen and oxygen atoms in total. The molecule has 0 amide bonds. The average molecular weight is 467 g/mol. The van der Waals surface area contributed by atoms with Gasteiger partial charge in [0, 0.05) is 28.7 Å². The molecule has 3 rings (SSSR count). The Morgan fingerprint density at radius 1 is 1.09 bits per heavy atom. The zero-order valence-electron chi connectivity index (χ0n) is 18.9. The van der Waals surface area contributed by atoms with E-state index in [4.69, 9.17) is 0 Å². The highest BCUT2D eigenvalue weighted by atomic mass is 32.2. The summed E-state index contributed by atoms with van der Waals surface area (Å²) in [7, 11) is -3.67. The van der Waals surface area contributed by atoms with E-state index in [1.807, 2.05) is 20.8 Å². The number of rotatable bonds is 6. The van der Waals surface area contributed by atoms with Gasteiger partial charge in [-0.05, 0) is 32.3 Å². The first kappa shape index (κ1) is 24.0. The van der Waals surface area contributed by atoms with Crippen molar-refractivity contribution in [2.45, 2.75) is 53.1 Å². The third kappa shape index (κ3) is 5.77. The molecule has 1 atom stereocenters. The molecule has 0 saturated heterocycles. The van der Waals surface area contributed by atoms with Crippen LogP contribution in [0, 0.1) is 17.0 Å². The number of aromatic amines is 1. The summed E-state index contributed by atoms with van der Waals surface area (Å²) in [5.74, 6) is -1.53. The second kappa shape index (κ2) is 8.36. The number of hydrogen-bond acceptors (Lipinski definition) is 6. The summed E-state index contributed by atoms with van der Waals surface area (Å²) in [6.45, 7) is 10.8. The van der Waals surface area contributed by atoms with Crippen LogP contribution in [0.25, 0.3) is 22.4 Å². The number of H-pyrrole nitrogens is 1. The third-order valence-electron chi connectivity index (χ3n) is 4.69. The first-order valence-corrected chi connectivity index (χ1v) is 11.7. The minimum atomic E-state index is -3.67. The second-order valence-corrected chi connectivity index (χ2v) is 11.6. The van der Waals surface area contributed by atoms with Crippen molar-refractivity contribution in [1.29, 1.82) is 0 Å². The van der Waals surface area contributed by atoms with Gasteiger partial charge in [-0.2, -0.15) is 0 Å². The van der Waals surface area contributed by atoms with Crippen molar-refractivity contribution in [2.24, 2.45) is 5.41 Å². The number of nitrogens with one attached hydrogen (secondary N) is 3. The lowest BCUT2D eigenvalue weighted by molar-refractivity contribution is 0.355. The van der Waals surface area contributed by atoms with E-state index in [0.29, 0.717) is 16.6 Å². The number of hydrogen-bond donors (Lipinski definition) is 3. The first-order valence-electron chi connectivity index (χ1n) is 10.1. The summed E-state index contributed by atoms with van der Waals surface area (Å²) in [5.41, 5.74) is -0.300. The number of nitrogens with zero attached hydrogens (tertiary/aromatic N) is 3. The van der Waals surface area contributed by atoms with Crippen LogP contribution in [0.15, 0.2) is 24.7 Å². The number of anilines is 1. The normalized spacial score (nSPS) is 14.0. The summed E-state index contributed by atoms with van der Waals surface area (Å²) in [4.78, 5) is 15.2. The van der Waals surface area contributed by atoms with Gasteiger partial charge in [0.05, 0.1) is 18.1 Å². The highest BCUT2D eigenvalue weighted by Crippen LogP contribution is 2.29. The second-order valence-electron chi connectivity index (χ2n) is 9.84. The van der Waals surface area contributed by atoms with Crippen LogP contribution in [-0.2, 0) is 10.0 Å². The van der Waals surface area contributed by atoms with Crippen LogP contribution in [0.4, 0.5) is 14.6 Å². The van der Waals surface area contributed by atoms with Crippen LogP contribution >= 0.6 is 0 Å². The predicted molar refractivity (Wildman–Crippen MR) is 121 cm³/mol. The van der Waals surface area contributed by atoms with Crippen LogP contribution in [0.2, 0.25) is 0 Å². The van der Waals surface area contributed by atoms with Gasteiger partial charge in [0.2, 0.25) is 10.0 Å². The van der Waals surface area contributed by atoms with Gasteiger partial charge in [0.1, 0.15) is 11.5 Å². The lowest BCUT2D eigenvalue weighted by atomic mass is 9.88. The Bertz CT molecular complexity index is 1230. The zero-order valence-corrected chi connectivity index (χ0v) is 19.7. The van der Waals surface area contributed by atoms with E-state index in [-0.39, 0.29) is 17.4 Å². The molecule has 0 bridgehead atoms. The number of fused-ring (bicyclic) bond motifs is 1. The molecule has 1 unspecified atom stereocenters. The van der Waals surface area contributed by atoms with Crippen LogP contribution < -0.4 is 10.0 Å². The van der Waals surface area contributed by atoms with E-state index in [9.17, 15) is 17.2 Å². The number of aromatic nitrogens is 4. The standard InChI is InChI=1S/C21H28F2N6O2S/c1-20(2,3)16(11-32(30,31)29-21(4,5)6)27-19-15(23)10-26-18(28-19)14-9-25-17-13(14)7-12(22)8-24-17/h7-10,16,29H,11H2,1-6H3,(H,24,25)(H,26,27,28). The average Bonchev–Trinajstić information content (AvgIpc) is 3.03. The number of halogens is 2. The molecule has 0 aliphatic carbocycles. The molecular weight excluding hydrogens is 438 g/mol. The molecule has 3 heterocycles. The molecule has 0 spiro atoms. The summed E-state index contributed by atoms with van der Waals surface area (Å²) in [5, 5.41) is 3.40. The van der Waals surface area contributed by atoms with Gasteiger partial charge in [0.15, 0.2) is 17.5 Å². The van der Waals surface area contributed by atoms with E-state index in [1.54, 1.807) is 27.0 Å². The molecule has 0 saturated carbocycles. The fraction of sp³-hybridized carbons (Fsp3) is 0.476. The molecular formula is C21H28F2N6O2S. The van der Waals surface area contributed by atoms with Crippen LogP contribution in [0.5, 0.6) is 0 Å². The van der Waals surface area contributed by atoms with Gasteiger partial charge in [-0.1, -0.05) is 20.8 Å². The molecule has 0 aliphatic heterocycles. The molecule has 3 aromatic rings. The molecule has 3 aromatic heterocycles. The molecule has 174 valence electrons. The Morgan fingerprint density at radius 2 is 1.78 bits per heavy atom. The Morgan fingerprint density at radius 3 is 2.41 bits per heavy atom. The van der Waals surface area contributed by atoms with Crippen molar-refractivity contribution >= 4 is 26.9 Å². The highest BCUT2D eigenvalue weighted by Gasteiger charge is 2.32. The van der Waals surface area contributed by atoms with Crippen molar-refractivity contribution in [1.82, 2.24) is 24.7 Å². The fourth-order valence-electron chi connectivity index (χ4n) is 3.16. The van der Waals surface area contributed by atoms with Gasteiger partial charge in [0.25, 0.3) is 0 Å². The SMILES string of the molecule is CC(C)(C)NS(=O)(=O)CC(Nc1nc(-c2c[nH]c3ncc(F)cc23)ncc1F)C(C)(C)C. The molecule has 11 heteroatoms. The quantitative estimate of drug-likeness (QED) is 0.509. The molecule has 3 N–H and O–H groups in total. The highest BCUT2D eigenvalue weighted by molar-refractivity contribution is 7.89. The van der Waals surface area contributed by atoms with Gasteiger partial charge in [-0.15, -0.1) is 0 Å². The zero-order chi connectivity index (χ0) is 23.9. The fourth-order valence-corrected chi connectivity index (χ4v) is 5.20. The van der Waals surface area contributed by atoms with E-state index >= 15 is 0 Å². The summed E-state index contributed by atoms with van der Waals surface area (Å²) in [6.07, 6.45) is 3.64. The lowest BCUT2D eigenvalue weighted by Crippen LogP contribution is -2.48. The van der Waals surface area contributed by atoms with Gasteiger partial charge >= 0.3 is 0 Å². The third-order valence-corrected chi connectivity index (χ3v) is 6.38. The van der Waals surface area contributed by atoms with Crippen molar-refractivity contribution in [2.75, 3.05) is 11.1 Å². The number of sulfonamides is 1. The largest absolute Gasteiger partial charge is 0.363 e. The van der Waals surface area contributed by atoms with Gasteiger partial charge < -0.3 is 10.3 Å². The van der Waals surface area contributed by atoms with Gasteiger partial charge in [-0.3, -0.25) is 0 Å². The number of pyridine rings is 1. The topological polar surface area (TPSA) is 113 Å².